The minimum absolute atomic E-state index is 0.345. The smallest absolute Gasteiger partial charge is 0.141 e. The predicted octanol–water partition coefficient (Wildman–Crippen LogP) is 1.30. The number of hydrogen-bond donors (Lipinski definition) is 2. The number of nitrogen functional groups attached to an aromatic ring is 1. The van der Waals surface area contributed by atoms with Crippen molar-refractivity contribution in [1.82, 2.24) is 10.3 Å². The first-order chi connectivity index (χ1) is 6.24. The first-order valence-electron chi connectivity index (χ1n) is 4.34. The van der Waals surface area contributed by atoms with Crippen molar-refractivity contribution in [3.8, 4) is 0 Å². The largest absolute Gasteiger partial charge is 0.383 e. The van der Waals surface area contributed by atoms with Gasteiger partial charge in [-0.2, -0.15) is 0 Å². The quantitative estimate of drug-likeness (QED) is 0.692. The highest BCUT2D eigenvalue weighted by molar-refractivity contribution is 5.38. The molecule has 0 saturated carbocycles. The van der Waals surface area contributed by atoms with Crippen molar-refractivity contribution in [3.63, 3.8) is 0 Å². The third-order valence-electron chi connectivity index (χ3n) is 1.71. The molecule has 0 aliphatic carbocycles. The molecule has 0 aromatic carbocycles. The van der Waals surface area contributed by atoms with Gasteiger partial charge in [-0.3, -0.25) is 0 Å². The summed E-state index contributed by atoms with van der Waals surface area (Å²) >= 11 is 0. The van der Waals surface area contributed by atoms with Gasteiger partial charge in [0.05, 0.1) is 6.20 Å². The van der Waals surface area contributed by atoms with Gasteiger partial charge in [0.15, 0.2) is 0 Å². The van der Waals surface area contributed by atoms with E-state index >= 15 is 0 Å². The Morgan fingerprint density at radius 1 is 1.62 bits per heavy atom. The molecule has 0 unspecified atom stereocenters. The molecule has 4 heteroatoms. The molecular formula is C9H14FN3. The van der Waals surface area contributed by atoms with Crippen molar-refractivity contribution in [2.75, 3.05) is 12.3 Å². The molecule has 1 rings (SSSR count). The van der Waals surface area contributed by atoms with E-state index in [1.165, 1.54) is 6.07 Å². The Bertz CT molecular complexity index is 276. The highest BCUT2D eigenvalue weighted by atomic mass is 19.1. The van der Waals surface area contributed by atoms with E-state index in [1.54, 1.807) is 0 Å². The van der Waals surface area contributed by atoms with Gasteiger partial charge in [0.1, 0.15) is 11.6 Å². The molecule has 0 spiro atoms. The SMILES string of the molecule is CCCNCc1cc(F)cnc1N. The summed E-state index contributed by atoms with van der Waals surface area (Å²) in [4.78, 5) is 3.72. The molecule has 3 nitrogen and oxygen atoms in total. The first kappa shape index (κ1) is 9.92. The summed E-state index contributed by atoms with van der Waals surface area (Å²) in [7, 11) is 0. The average Bonchev–Trinajstić information content (AvgIpc) is 2.11. The number of nitrogens with two attached hydrogens (primary N) is 1. The Balaban J connectivity index is 2.59. The van der Waals surface area contributed by atoms with Gasteiger partial charge < -0.3 is 11.1 Å². The van der Waals surface area contributed by atoms with Crippen LogP contribution in [0, 0.1) is 5.82 Å². The topological polar surface area (TPSA) is 50.9 Å². The molecule has 0 atom stereocenters. The third-order valence-corrected chi connectivity index (χ3v) is 1.71. The molecule has 0 amide bonds. The van der Waals surface area contributed by atoms with Crippen LogP contribution in [0.3, 0.4) is 0 Å². The lowest BCUT2D eigenvalue weighted by Crippen LogP contribution is -2.15. The number of halogens is 1. The maximum absolute atomic E-state index is 12.7. The Morgan fingerprint density at radius 2 is 2.38 bits per heavy atom. The van der Waals surface area contributed by atoms with Gasteiger partial charge in [0.25, 0.3) is 0 Å². The lowest BCUT2D eigenvalue weighted by atomic mass is 10.2. The molecule has 0 saturated heterocycles. The van der Waals surface area contributed by atoms with E-state index in [2.05, 4.69) is 17.2 Å². The van der Waals surface area contributed by atoms with Crippen LogP contribution in [0.25, 0.3) is 0 Å². The summed E-state index contributed by atoms with van der Waals surface area (Å²) in [5.41, 5.74) is 6.27. The van der Waals surface area contributed by atoms with E-state index in [9.17, 15) is 4.39 Å². The van der Waals surface area contributed by atoms with Gasteiger partial charge in [-0.05, 0) is 19.0 Å². The average molecular weight is 183 g/mol. The number of hydrogen-bond acceptors (Lipinski definition) is 3. The number of pyridine rings is 1. The van der Waals surface area contributed by atoms with Crippen LogP contribution in [0.4, 0.5) is 10.2 Å². The van der Waals surface area contributed by atoms with Gasteiger partial charge >= 0.3 is 0 Å². The predicted molar refractivity (Wildman–Crippen MR) is 50.6 cm³/mol. The summed E-state index contributed by atoms with van der Waals surface area (Å²) < 4.78 is 12.7. The van der Waals surface area contributed by atoms with Crippen LogP contribution in [-0.2, 0) is 6.54 Å². The highest BCUT2D eigenvalue weighted by Crippen LogP contribution is 2.08. The third kappa shape index (κ3) is 2.99. The molecule has 0 aliphatic rings. The molecule has 0 aliphatic heterocycles. The van der Waals surface area contributed by atoms with Crippen molar-refractivity contribution >= 4 is 5.82 Å². The molecule has 72 valence electrons. The van der Waals surface area contributed by atoms with Gasteiger partial charge in [-0.15, -0.1) is 0 Å². The van der Waals surface area contributed by atoms with E-state index < -0.39 is 0 Å². The maximum Gasteiger partial charge on any atom is 0.141 e. The van der Waals surface area contributed by atoms with Crippen molar-refractivity contribution in [1.29, 1.82) is 0 Å². The van der Waals surface area contributed by atoms with Crippen molar-refractivity contribution in [2.24, 2.45) is 0 Å². The van der Waals surface area contributed by atoms with Crippen LogP contribution in [0.1, 0.15) is 18.9 Å². The zero-order chi connectivity index (χ0) is 9.68. The molecule has 3 N–H and O–H groups in total. The fourth-order valence-electron chi connectivity index (χ4n) is 1.03. The molecule has 13 heavy (non-hydrogen) atoms. The number of nitrogens with one attached hydrogen (secondary N) is 1. The van der Waals surface area contributed by atoms with Crippen LogP contribution in [0.5, 0.6) is 0 Å². The van der Waals surface area contributed by atoms with Crippen LogP contribution in [0.2, 0.25) is 0 Å². The summed E-state index contributed by atoms with van der Waals surface area (Å²) in [6.07, 6.45) is 2.17. The second-order valence-electron chi connectivity index (χ2n) is 2.87. The van der Waals surface area contributed by atoms with Gasteiger partial charge in [0, 0.05) is 12.1 Å². The minimum Gasteiger partial charge on any atom is -0.383 e. The summed E-state index contributed by atoms with van der Waals surface area (Å²) in [6, 6.07) is 1.41. The van der Waals surface area contributed by atoms with E-state index in [-0.39, 0.29) is 5.82 Å². The lowest BCUT2D eigenvalue weighted by Gasteiger charge is -2.05. The van der Waals surface area contributed by atoms with Gasteiger partial charge in [-0.25, -0.2) is 9.37 Å². The summed E-state index contributed by atoms with van der Waals surface area (Å²) in [6.45, 7) is 3.54. The number of anilines is 1. The van der Waals surface area contributed by atoms with Crippen molar-refractivity contribution < 1.29 is 4.39 Å². The van der Waals surface area contributed by atoms with Crippen LogP contribution >= 0.6 is 0 Å². The maximum atomic E-state index is 12.7. The Kier molecular flexibility index (Phi) is 3.64. The van der Waals surface area contributed by atoms with Gasteiger partial charge in [-0.1, -0.05) is 6.92 Å². The Hall–Kier alpha value is -1.16. The molecule has 1 heterocycles. The molecular weight excluding hydrogens is 169 g/mol. The van der Waals surface area contributed by atoms with Crippen molar-refractivity contribution in [2.45, 2.75) is 19.9 Å². The summed E-state index contributed by atoms with van der Waals surface area (Å²) in [5.74, 6) is 0.0486. The fraction of sp³-hybridized carbons (Fsp3) is 0.444. The second-order valence-corrected chi connectivity index (χ2v) is 2.87. The van der Waals surface area contributed by atoms with E-state index in [1.807, 2.05) is 0 Å². The zero-order valence-corrected chi connectivity index (χ0v) is 7.68. The molecule has 1 aromatic rings. The van der Waals surface area contributed by atoms with Crippen molar-refractivity contribution in [3.05, 3.63) is 23.6 Å². The van der Waals surface area contributed by atoms with Gasteiger partial charge in [0.2, 0.25) is 0 Å². The standard InChI is InChI=1S/C9H14FN3/c1-2-3-12-5-7-4-8(10)6-13-9(7)11/h4,6,12H,2-3,5H2,1H3,(H2,11,13). The number of nitrogens with zero attached hydrogens (tertiary/aromatic N) is 1. The van der Waals surface area contributed by atoms with E-state index in [0.29, 0.717) is 17.9 Å². The van der Waals surface area contributed by atoms with Crippen LogP contribution in [0.15, 0.2) is 12.3 Å². The minimum atomic E-state index is -0.345. The Morgan fingerprint density at radius 3 is 3.08 bits per heavy atom. The number of rotatable bonds is 4. The molecule has 0 fully saturated rings. The monoisotopic (exact) mass is 183 g/mol. The first-order valence-corrected chi connectivity index (χ1v) is 4.34. The number of aromatic nitrogens is 1. The van der Waals surface area contributed by atoms with Crippen LogP contribution < -0.4 is 11.1 Å². The lowest BCUT2D eigenvalue weighted by molar-refractivity contribution is 0.613. The van der Waals surface area contributed by atoms with E-state index in [0.717, 1.165) is 19.2 Å². The van der Waals surface area contributed by atoms with Crippen LogP contribution in [-0.4, -0.2) is 11.5 Å². The fourth-order valence-corrected chi connectivity index (χ4v) is 1.03. The highest BCUT2D eigenvalue weighted by Gasteiger charge is 2.01. The molecule has 0 bridgehead atoms. The normalized spacial score (nSPS) is 10.3. The Labute approximate surface area is 77.2 Å². The molecule has 0 radical (unpaired) electrons. The molecule has 1 aromatic heterocycles. The second kappa shape index (κ2) is 4.77. The zero-order valence-electron chi connectivity index (χ0n) is 7.68. The van der Waals surface area contributed by atoms with E-state index in [4.69, 9.17) is 5.73 Å². The summed E-state index contributed by atoms with van der Waals surface area (Å²) in [5, 5.41) is 3.13.